The van der Waals surface area contributed by atoms with Gasteiger partial charge in [0.2, 0.25) is 5.89 Å². The van der Waals surface area contributed by atoms with E-state index in [1.54, 1.807) is 19.1 Å². The Kier molecular flexibility index (Phi) is 4.99. The van der Waals surface area contributed by atoms with Crippen molar-refractivity contribution in [1.29, 1.82) is 0 Å². The number of hydrogen-bond acceptors (Lipinski definition) is 7. The predicted octanol–water partition coefficient (Wildman–Crippen LogP) is 4.50. The van der Waals surface area contributed by atoms with Crippen LogP contribution in [0.4, 0.5) is 5.69 Å². The van der Waals surface area contributed by atoms with Gasteiger partial charge in [0, 0.05) is 22.6 Å². The van der Waals surface area contributed by atoms with Gasteiger partial charge in [-0.25, -0.2) is 0 Å². The molecule has 0 amide bonds. The molecular formula is C17H15N3O4S. The number of ether oxygens (including phenoxy) is 1. The Morgan fingerprint density at radius 3 is 2.64 bits per heavy atom. The number of nitro groups is 1. The number of nitrogens with zero attached hydrogens (tertiary/aromatic N) is 3. The molecule has 0 aliphatic carbocycles. The van der Waals surface area contributed by atoms with Gasteiger partial charge in [-0.3, -0.25) is 10.1 Å². The number of hydrogen-bond donors (Lipinski definition) is 0. The summed E-state index contributed by atoms with van der Waals surface area (Å²) < 4.78 is 11.0. The van der Waals surface area contributed by atoms with Crippen molar-refractivity contribution in [3.05, 3.63) is 58.1 Å². The lowest BCUT2D eigenvalue weighted by Gasteiger charge is -2.05. The molecule has 0 saturated heterocycles. The average Bonchev–Trinajstić information content (AvgIpc) is 3.04. The summed E-state index contributed by atoms with van der Waals surface area (Å²) in [5.74, 6) is 0.644. The molecule has 0 unspecified atom stereocenters. The van der Waals surface area contributed by atoms with Crippen LogP contribution in [0.25, 0.3) is 11.5 Å². The normalized spacial score (nSPS) is 10.6. The van der Waals surface area contributed by atoms with Crippen molar-refractivity contribution >= 4 is 17.4 Å². The minimum atomic E-state index is -0.471. The Bertz CT molecular complexity index is 893. The van der Waals surface area contributed by atoms with Crippen molar-refractivity contribution in [3.8, 4) is 17.2 Å². The lowest BCUT2D eigenvalue weighted by atomic mass is 10.1. The van der Waals surface area contributed by atoms with E-state index in [9.17, 15) is 10.1 Å². The fraction of sp³-hybridized carbons (Fsp3) is 0.176. The Morgan fingerprint density at radius 2 is 1.96 bits per heavy atom. The molecule has 25 heavy (non-hydrogen) atoms. The number of aryl methyl sites for hydroxylation is 1. The van der Waals surface area contributed by atoms with Crippen LogP contribution >= 0.6 is 11.8 Å². The first-order valence-corrected chi connectivity index (χ1v) is 8.38. The van der Waals surface area contributed by atoms with E-state index in [0.29, 0.717) is 22.6 Å². The molecule has 1 aromatic heterocycles. The maximum atomic E-state index is 11.0. The summed E-state index contributed by atoms with van der Waals surface area (Å²) in [4.78, 5) is 11.3. The smallest absolute Gasteiger partial charge is 0.310 e. The molecule has 7 nitrogen and oxygen atoms in total. The first-order valence-electron chi connectivity index (χ1n) is 7.56. The zero-order chi connectivity index (χ0) is 17.8. The van der Waals surface area contributed by atoms with E-state index in [2.05, 4.69) is 10.2 Å². The number of nitro benzene ring substituents is 1. The Morgan fingerprint density at radius 1 is 1.20 bits per heavy atom. The van der Waals surface area contributed by atoms with E-state index in [1.165, 1.54) is 17.8 Å². The summed E-state index contributed by atoms with van der Waals surface area (Å²) in [6.45, 7) is 4.12. The SMILES string of the molecule is CCOc1cc(Sc2nnc(-c3ccc(C)cc3)o2)ccc1[N+](=O)[O-]. The quantitative estimate of drug-likeness (QED) is 0.473. The molecule has 8 heteroatoms. The molecule has 0 aliphatic rings. The second-order valence-corrected chi connectivity index (χ2v) is 6.19. The Labute approximate surface area is 148 Å². The summed E-state index contributed by atoms with van der Waals surface area (Å²) in [5, 5.41) is 19.4. The van der Waals surface area contributed by atoms with Crippen LogP contribution in [-0.2, 0) is 0 Å². The fourth-order valence-corrected chi connectivity index (χ4v) is 2.85. The largest absolute Gasteiger partial charge is 0.487 e. The van der Waals surface area contributed by atoms with Gasteiger partial charge in [-0.15, -0.1) is 10.2 Å². The molecule has 1 heterocycles. The van der Waals surface area contributed by atoms with Gasteiger partial charge in [-0.05, 0) is 43.8 Å². The molecule has 0 fully saturated rings. The van der Waals surface area contributed by atoms with Gasteiger partial charge in [0.05, 0.1) is 11.5 Å². The molecule has 0 N–H and O–H groups in total. The molecule has 128 valence electrons. The average molecular weight is 357 g/mol. The van der Waals surface area contributed by atoms with Crippen molar-refractivity contribution in [2.75, 3.05) is 6.61 Å². The summed E-state index contributed by atoms with van der Waals surface area (Å²) in [5.41, 5.74) is 1.91. The van der Waals surface area contributed by atoms with E-state index in [1.807, 2.05) is 31.2 Å². The van der Waals surface area contributed by atoms with Crippen molar-refractivity contribution in [1.82, 2.24) is 10.2 Å². The zero-order valence-electron chi connectivity index (χ0n) is 13.6. The molecule has 0 radical (unpaired) electrons. The van der Waals surface area contributed by atoms with Crippen LogP contribution in [-0.4, -0.2) is 21.7 Å². The molecular weight excluding hydrogens is 342 g/mol. The molecule has 3 aromatic rings. The molecule has 3 rings (SSSR count). The third-order valence-corrected chi connectivity index (χ3v) is 4.17. The van der Waals surface area contributed by atoms with Gasteiger partial charge < -0.3 is 9.15 Å². The second kappa shape index (κ2) is 7.35. The van der Waals surface area contributed by atoms with Gasteiger partial charge in [0.25, 0.3) is 5.22 Å². The summed E-state index contributed by atoms with van der Waals surface area (Å²) in [6.07, 6.45) is 0. The first-order chi connectivity index (χ1) is 12.1. The van der Waals surface area contributed by atoms with Crippen LogP contribution in [0.2, 0.25) is 0 Å². The highest BCUT2D eigenvalue weighted by molar-refractivity contribution is 7.99. The summed E-state index contributed by atoms with van der Waals surface area (Å²) in [7, 11) is 0. The van der Waals surface area contributed by atoms with Crippen molar-refractivity contribution in [2.45, 2.75) is 24.0 Å². The van der Waals surface area contributed by atoms with Crippen LogP contribution in [0.15, 0.2) is 57.0 Å². The van der Waals surface area contributed by atoms with Gasteiger partial charge in [-0.1, -0.05) is 17.7 Å². The maximum absolute atomic E-state index is 11.0. The molecule has 0 atom stereocenters. The molecule has 0 aliphatic heterocycles. The minimum absolute atomic E-state index is 0.0722. The fourth-order valence-electron chi connectivity index (χ4n) is 2.14. The van der Waals surface area contributed by atoms with Gasteiger partial charge in [-0.2, -0.15) is 0 Å². The number of rotatable bonds is 6. The highest BCUT2D eigenvalue weighted by atomic mass is 32.2. The van der Waals surface area contributed by atoms with Gasteiger partial charge >= 0.3 is 5.69 Å². The van der Waals surface area contributed by atoms with Crippen LogP contribution in [0, 0.1) is 17.0 Å². The lowest BCUT2D eigenvalue weighted by Crippen LogP contribution is -1.97. The van der Waals surface area contributed by atoms with E-state index in [-0.39, 0.29) is 11.4 Å². The zero-order valence-corrected chi connectivity index (χ0v) is 14.4. The summed E-state index contributed by atoms with van der Waals surface area (Å²) in [6, 6.07) is 12.4. The highest BCUT2D eigenvalue weighted by Crippen LogP contribution is 2.35. The van der Waals surface area contributed by atoms with Crippen molar-refractivity contribution in [2.24, 2.45) is 0 Å². The molecule has 0 saturated carbocycles. The van der Waals surface area contributed by atoms with Crippen LogP contribution < -0.4 is 4.74 Å². The van der Waals surface area contributed by atoms with Gasteiger partial charge in [0.15, 0.2) is 5.75 Å². The molecule has 0 bridgehead atoms. The summed E-state index contributed by atoms with van der Waals surface area (Å²) >= 11 is 1.22. The molecule has 2 aromatic carbocycles. The van der Waals surface area contributed by atoms with Crippen LogP contribution in [0.1, 0.15) is 12.5 Å². The van der Waals surface area contributed by atoms with Crippen molar-refractivity contribution < 1.29 is 14.1 Å². The number of benzene rings is 2. The molecule has 0 spiro atoms. The Hall–Kier alpha value is -2.87. The standard InChI is InChI=1S/C17H15N3O4S/c1-3-23-15-10-13(8-9-14(15)20(21)22)25-17-19-18-16(24-17)12-6-4-11(2)5-7-12/h4-10H,3H2,1-2H3. The van der Waals surface area contributed by atoms with Crippen LogP contribution in [0.3, 0.4) is 0 Å². The minimum Gasteiger partial charge on any atom is -0.487 e. The Balaban J connectivity index is 1.82. The van der Waals surface area contributed by atoms with Crippen molar-refractivity contribution in [3.63, 3.8) is 0 Å². The van der Waals surface area contributed by atoms with E-state index in [0.717, 1.165) is 11.1 Å². The topological polar surface area (TPSA) is 91.3 Å². The monoisotopic (exact) mass is 357 g/mol. The first kappa shape index (κ1) is 17.0. The number of aromatic nitrogens is 2. The van der Waals surface area contributed by atoms with E-state index >= 15 is 0 Å². The van der Waals surface area contributed by atoms with E-state index in [4.69, 9.17) is 9.15 Å². The van der Waals surface area contributed by atoms with E-state index < -0.39 is 4.92 Å². The lowest BCUT2D eigenvalue weighted by molar-refractivity contribution is -0.385. The van der Waals surface area contributed by atoms with Gasteiger partial charge in [0.1, 0.15) is 0 Å². The third kappa shape index (κ3) is 3.97. The second-order valence-electron chi connectivity index (χ2n) is 5.16. The maximum Gasteiger partial charge on any atom is 0.310 e. The van der Waals surface area contributed by atoms with Crippen LogP contribution in [0.5, 0.6) is 5.75 Å². The predicted molar refractivity (Wildman–Crippen MR) is 92.9 cm³/mol. The third-order valence-electron chi connectivity index (χ3n) is 3.34. The highest BCUT2D eigenvalue weighted by Gasteiger charge is 2.17.